The SMILES string of the molecule is NNC(CC1CCC1)C1Cc2ccccc2C1. The van der Waals surface area contributed by atoms with Gasteiger partial charge in [0.15, 0.2) is 0 Å². The molecule has 0 saturated heterocycles. The topological polar surface area (TPSA) is 38.0 Å². The number of benzene rings is 1. The second-order valence-electron chi connectivity index (χ2n) is 5.74. The van der Waals surface area contributed by atoms with E-state index in [1.807, 2.05) is 0 Å². The van der Waals surface area contributed by atoms with Gasteiger partial charge in [-0.25, -0.2) is 0 Å². The lowest BCUT2D eigenvalue weighted by molar-refractivity contribution is 0.225. The van der Waals surface area contributed by atoms with Gasteiger partial charge in [0.05, 0.1) is 0 Å². The zero-order chi connectivity index (χ0) is 11.7. The fraction of sp³-hybridized carbons (Fsp3) is 0.600. The molecule has 2 aliphatic carbocycles. The highest BCUT2D eigenvalue weighted by Gasteiger charge is 2.31. The van der Waals surface area contributed by atoms with E-state index in [9.17, 15) is 0 Å². The maximum atomic E-state index is 5.76. The number of nitrogens with one attached hydrogen (secondary N) is 1. The van der Waals surface area contributed by atoms with Crippen LogP contribution in [0.5, 0.6) is 0 Å². The van der Waals surface area contributed by atoms with Crippen LogP contribution in [0, 0.1) is 11.8 Å². The molecule has 1 unspecified atom stereocenters. The van der Waals surface area contributed by atoms with Gasteiger partial charge in [-0.15, -0.1) is 0 Å². The number of nitrogens with two attached hydrogens (primary N) is 1. The highest BCUT2D eigenvalue weighted by atomic mass is 15.2. The minimum atomic E-state index is 0.507. The third-order valence-electron chi connectivity index (χ3n) is 4.68. The fourth-order valence-corrected chi connectivity index (χ4v) is 3.36. The summed E-state index contributed by atoms with van der Waals surface area (Å²) in [6.45, 7) is 0. The maximum Gasteiger partial charge on any atom is 0.0247 e. The fourth-order valence-electron chi connectivity index (χ4n) is 3.36. The molecule has 1 atom stereocenters. The summed E-state index contributed by atoms with van der Waals surface area (Å²) >= 11 is 0. The van der Waals surface area contributed by atoms with Crippen LogP contribution in [0.4, 0.5) is 0 Å². The van der Waals surface area contributed by atoms with Crippen LogP contribution in [0.2, 0.25) is 0 Å². The van der Waals surface area contributed by atoms with E-state index in [4.69, 9.17) is 5.84 Å². The van der Waals surface area contributed by atoms with E-state index >= 15 is 0 Å². The van der Waals surface area contributed by atoms with Gasteiger partial charge in [0.1, 0.15) is 0 Å². The molecule has 17 heavy (non-hydrogen) atoms. The third kappa shape index (κ3) is 2.24. The molecule has 0 bridgehead atoms. The van der Waals surface area contributed by atoms with E-state index in [0.29, 0.717) is 12.0 Å². The lowest BCUT2D eigenvalue weighted by Gasteiger charge is -2.32. The first-order valence-corrected chi connectivity index (χ1v) is 6.89. The van der Waals surface area contributed by atoms with Crippen molar-refractivity contribution in [2.45, 2.75) is 44.6 Å². The molecule has 2 nitrogen and oxygen atoms in total. The highest BCUT2D eigenvalue weighted by molar-refractivity contribution is 5.32. The first kappa shape index (κ1) is 11.2. The number of rotatable bonds is 4. The van der Waals surface area contributed by atoms with Crippen LogP contribution in [0.25, 0.3) is 0 Å². The van der Waals surface area contributed by atoms with Gasteiger partial charge >= 0.3 is 0 Å². The van der Waals surface area contributed by atoms with Crippen molar-refractivity contribution in [1.29, 1.82) is 0 Å². The van der Waals surface area contributed by atoms with Crippen molar-refractivity contribution < 1.29 is 0 Å². The lowest BCUT2D eigenvalue weighted by atomic mass is 9.78. The van der Waals surface area contributed by atoms with E-state index in [-0.39, 0.29) is 0 Å². The molecule has 0 amide bonds. The van der Waals surface area contributed by atoms with E-state index in [1.54, 1.807) is 0 Å². The molecule has 3 N–H and O–H groups in total. The first-order valence-electron chi connectivity index (χ1n) is 6.89. The normalized spacial score (nSPS) is 22.2. The number of hydrogen-bond donors (Lipinski definition) is 2. The standard InChI is InChI=1S/C15H22N2/c16-17-15(8-11-4-3-5-11)14-9-12-6-1-2-7-13(12)10-14/h1-2,6-7,11,14-15,17H,3-5,8-10,16H2. The average molecular weight is 230 g/mol. The van der Waals surface area contributed by atoms with Crippen LogP contribution < -0.4 is 11.3 Å². The summed E-state index contributed by atoms with van der Waals surface area (Å²) < 4.78 is 0. The van der Waals surface area contributed by atoms with Gasteiger partial charge in [0.25, 0.3) is 0 Å². The predicted octanol–water partition coefficient (Wildman–Crippen LogP) is 2.42. The Morgan fingerprint density at radius 2 is 1.82 bits per heavy atom. The molecule has 0 aliphatic heterocycles. The molecule has 0 heterocycles. The van der Waals surface area contributed by atoms with Crippen molar-refractivity contribution in [3.8, 4) is 0 Å². The summed E-state index contributed by atoms with van der Waals surface area (Å²) in [7, 11) is 0. The van der Waals surface area contributed by atoms with Crippen LogP contribution in [0.3, 0.4) is 0 Å². The van der Waals surface area contributed by atoms with E-state index in [1.165, 1.54) is 49.7 Å². The van der Waals surface area contributed by atoms with Gasteiger partial charge in [0, 0.05) is 6.04 Å². The molecule has 1 fully saturated rings. The molecular formula is C15H22N2. The van der Waals surface area contributed by atoms with Crippen LogP contribution >= 0.6 is 0 Å². The van der Waals surface area contributed by atoms with Crippen molar-refractivity contribution in [2.24, 2.45) is 17.7 Å². The van der Waals surface area contributed by atoms with Gasteiger partial charge in [-0.05, 0) is 42.2 Å². The third-order valence-corrected chi connectivity index (χ3v) is 4.68. The number of fused-ring (bicyclic) bond motifs is 1. The summed E-state index contributed by atoms with van der Waals surface area (Å²) in [6, 6.07) is 9.35. The molecule has 92 valence electrons. The zero-order valence-electron chi connectivity index (χ0n) is 10.4. The highest BCUT2D eigenvalue weighted by Crippen LogP contribution is 2.35. The Morgan fingerprint density at radius 1 is 1.18 bits per heavy atom. The molecule has 0 radical (unpaired) electrons. The molecule has 2 aliphatic rings. The van der Waals surface area contributed by atoms with Gasteiger partial charge in [-0.2, -0.15) is 0 Å². The monoisotopic (exact) mass is 230 g/mol. The Balaban J connectivity index is 1.65. The van der Waals surface area contributed by atoms with E-state index in [2.05, 4.69) is 29.7 Å². The summed E-state index contributed by atoms with van der Waals surface area (Å²) in [4.78, 5) is 0. The van der Waals surface area contributed by atoms with Gasteiger partial charge in [-0.1, -0.05) is 43.5 Å². The Morgan fingerprint density at radius 3 is 2.29 bits per heavy atom. The predicted molar refractivity (Wildman–Crippen MR) is 70.4 cm³/mol. The second kappa shape index (κ2) is 4.79. The molecule has 2 heteroatoms. The van der Waals surface area contributed by atoms with Crippen LogP contribution in [-0.4, -0.2) is 6.04 Å². The molecule has 1 saturated carbocycles. The summed E-state index contributed by atoms with van der Waals surface area (Å²) in [6.07, 6.45) is 7.94. The first-order chi connectivity index (χ1) is 8.36. The van der Waals surface area contributed by atoms with E-state index in [0.717, 1.165) is 5.92 Å². The van der Waals surface area contributed by atoms with Crippen LogP contribution in [0.15, 0.2) is 24.3 Å². The van der Waals surface area contributed by atoms with Crippen LogP contribution in [0.1, 0.15) is 36.8 Å². The lowest BCUT2D eigenvalue weighted by Crippen LogP contribution is -2.43. The van der Waals surface area contributed by atoms with Gasteiger partial charge in [-0.3, -0.25) is 11.3 Å². The molecule has 1 aromatic carbocycles. The molecule has 0 aromatic heterocycles. The number of hydrazine groups is 1. The largest absolute Gasteiger partial charge is 0.271 e. The Hall–Kier alpha value is -0.860. The van der Waals surface area contributed by atoms with Crippen molar-refractivity contribution in [2.75, 3.05) is 0 Å². The van der Waals surface area contributed by atoms with Crippen molar-refractivity contribution in [1.82, 2.24) is 5.43 Å². The molecule has 1 aromatic rings. The quantitative estimate of drug-likeness (QED) is 0.616. The Bertz CT molecular complexity index is 359. The summed E-state index contributed by atoms with van der Waals surface area (Å²) in [5.41, 5.74) is 6.15. The molecule has 3 rings (SSSR count). The zero-order valence-corrected chi connectivity index (χ0v) is 10.4. The van der Waals surface area contributed by atoms with Crippen molar-refractivity contribution in [3.63, 3.8) is 0 Å². The summed E-state index contributed by atoms with van der Waals surface area (Å²) in [5.74, 6) is 7.40. The Labute approximate surface area is 104 Å². The van der Waals surface area contributed by atoms with Crippen LogP contribution in [-0.2, 0) is 12.8 Å². The smallest absolute Gasteiger partial charge is 0.0247 e. The van der Waals surface area contributed by atoms with Crippen molar-refractivity contribution in [3.05, 3.63) is 35.4 Å². The minimum Gasteiger partial charge on any atom is -0.271 e. The Kier molecular flexibility index (Phi) is 3.17. The molecular weight excluding hydrogens is 208 g/mol. The second-order valence-corrected chi connectivity index (χ2v) is 5.74. The minimum absolute atomic E-state index is 0.507. The van der Waals surface area contributed by atoms with Gasteiger partial charge < -0.3 is 0 Å². The average Bonchev–Trinajstić information content (AvgIpc) is 2.71. The van der Waals surface area contributed by atoms with E-state index < -0.39 is 0 Å². The maximum absolute atomic E-state index is 5.76. The molecule has 0 spiro atoms. The van der Waals surface area contributed by atoms with Crippen molar-refractivity contribution >= 4 is 0 Å². The van der Waals surface area contributed by atoms with Gasteiger partial charge in [0.2, 0.25) is 0 Å². The summed E-state index contributed by atoms with van der Waals surface area (Å²) in [5, 5.41) is 0. The number of hydrogen-bond acceptors (Lipinski definition) is 2.